The van der Waals surface area contributed by atoms with Gasteiger partial charge in [0.2, 0.25) is 0 Å². The molecule has 0 atom stereocenters. The molecule has 0 heterocycles. The molecule has 0 unspecified atom stereocenters. The van der Waals surface area contributed by atoms with Crippen molar-refractivity contribution in [2.75, 3.05) is 33.5 Å². The van der Waals surface area contributed by atoms with Crippen molar-refractivity contribution in [3.8, 4) is 11.5 Å². The van der Waals surface area contributed by atoms with Crippen LogP contribution >= 0.6 is 0 Å². The van der Waals surface area contributed by atoms with Crippen molar-refractivity contribution in [2.24, 2.45) is 0 Å². The summed E-state index contributed by atoms with van der Waals surface area (Å²) in [4.78, 5) is 0. The first-order valence-corrected chi connectivity index (χ1v) is 7.01. The van der Waals surface area contributed by atoms with Crippen molar-refractivity contribution in [1.82, 2.24) is 5.32 Å². The standard InChI is InChI=1S/C16H25NO3/c1-4-6-11-19-12-10-17-13-14-8-7-9-15(20-5-2)16(14)18-3/h4,7-9,17H,1,5-6,10-13H2,2-3H3. The van der Waals surface area contributed by atoms with Crippen LogP contribution in [0.4, 0.5) is 0 Å². The molecule has 0 amide bonds. The highest BCUT2D eigenvalue weighted by Gasteiger charge is 2.09. The van der Waals surface area contributed by atoms with E-state index in [2.05, 4.69) is 11.9 Å². The lowest BCUT2D eigenvalue weighted by Gasteiger charge is -2.14. The Morgan fingerprint density at radius 2 is 2.15 bits per heavy atom. The van der Waals surface area contributed by atoms with Gasteiger partial charge in [-0.15, -0.1) is 6.58 Å². The van der Waals surface area contributed by atoms with Crippen LogP contribution in [0.15, 0.2) is 30.9 Å². The maximum atomic E-state index is 5.55. The van der Waals surface area contributed by atoms with Gasteiger partial charge in [0.25, 0.3) is 0 Å². The molecule has 1 aromatic rings. The Balaban J connectivity index is 2.39. The van der Waals surface area contributed by atoms with Gasteiger partial charge in [0.15, 0.2) is 11.5 Å². The van der Waals surface area contributed by atoms with E-state index in [1.807, 2.05) is 31.2 Å². The molecule has 1 rings (SSSR count). The molecule has 20 heavy (non-hydrogen) atoms. The fraction of sp³-hybridized carbons (Fsp3) is 0.500. The molecule has 0 saturated carbocycles. The maximum absolute atomic E-state index is 5.55. The monoisotopic (exact) mass is 279 g/mol. The smallest absolute Gasteiger partial charge is 0.165 e. The minimum Gasteiger partial charge on any atom is -0.493 e. The molecule has 0 saturated heterocycles. The number of hydrogen-bond acceptors (Lipinski definition) is 4. The highest BCUT2D eigenvalue weighted by atomic mass is 16.5. The molecule has 0 fully saturated rings. The minimum absolute atomic E-state index is 0.629. The van der Waals surface area contributed by atoms with Crippen molar-refractivity contribution in [3.63, 3.8) is 0 Å². The van der Waals surface area contributed by atoms with Crippen LogP contribution in [0.5, 0.6) is 11.5 Å². The highest BCUT2D eigenvalue weighted by Crippen LogP contribution is 2.30. The van der Waals surface area contributed by atoms with E-state index in [1.165, 1.54) is 0 Å². The normalized spacial score (nSPS) is 10.3. The second kappa shape index (κ2) is 10.3. The van der Waals surface area contributed by atoms with E-state index in [0.717, 1.165) is 43.2 Å². The zero-order valence-electron chi connectivity index (χ0n) is 12.5. The number of benzene rings is 1. The molecular weight excluding hydrogens is 254 g/mol. The zero-order valence-corrected chi connectivity index (χ0v) is 12.5. The molecule has 0 aliphatic heterocycles. The first-order valence-electron chi connectivity index (χ1n) is 7.01. The van der Waals surface area contributed by atoms with Crippen molar-refractivity contribution in [3.05, 3.63) is 36.4 Å². The minimum atomic E-state index is 0.629. The molecule has 4 nitrogen and oxygen atoms in total. The van der Waals surface area contributed by atoms with Crippen LogP contribution in [0.25, 0.3) is 0 Å². The van der Waals surface area contributed by atoms with Crippen molar-refractivity contribution in [2.45, 2.75) is 19.9 Å². The molecule has 1 N–H and O–H groups in total. The van der Waals surface area contributed by atoms with Gasteiger partial charge in [-0.3, -0.25) is 0 Å². The topological polar surface area (TPSA) is 39.7 Å². The van der Waals surface area contributed by atoms with Gasteiger partial charge in [-0.1, -0.05) is 18.2 Å². The lowest BCUT2D eigenvalue weighted by atomic mass is 10.2. The van der Waals surface area contributed by atoms with Crippen LogP contribution in [-0.4, -0.2) is 33.5 Å². The molecule has 0 spiro atoms. The summed E-state index contributed by atoms with van der Waals surface area (Å²) in [5.74, 6) is 1.59. The summed E-state index contributed by atoms with van der Waals surface area (Å²) in [7, 11) is 1.67. The molecule has 0 radical (unpaired) electrons. The Kier molecular flexibility index (Phi) is 8.51. The summed E-state index contributed by atoms with van der Waals surface area (Å²) in [6, 6.07) is 5.93. The van der Waals surface area contributed by atoms with Crippen molar-refractivity contribution < 1.29 is 14.2 Å². The Morgan fingerprint density at radius 3 is 2.85 bits per heavy atom. The first kappa shape index (κ1) is 16.5. The molecule has 0 aliphatic carbocycles. The third-order valence-corrected chi connectivity index (χ3v) is 2.77. The number of rotatable bonds is 11. The summed E-state index contributed by atoms with van der Waals surface area (Å²) >= 11 is 0. The van der Waals surface area contributed by atoms with E-state index in [1.54, 1.807) is 7.11 Å². The predicted molar refractivity (Wildman–Crippen MR) is 81.5 cm³/mol. The third-order valence-electron chi connectivity index (χ3n) is 2.77. The van der Waals surface area contributed by atoms with Crippen molar-refractivity contribution in [1.29, 1.82) is 0 Å². The molecule has 112 valence electrons. The summed E-state index contributed by atoms with van der Waals surface area (Å²) in [6.07, 6.45) is 2.75. The van der Waals surface area contributed by atoms with Gasteiger partial charge in [0, 0.05) is 18.7 Å². The average molecular weight is 279 g/mol. The van der Waals surface area contributed by atoms with Gasteiger partial charge in [0.05, 0.1) is 26.9 Å². The molecule has 0 bridgehead atoms. The third kappa shape index (κ3) is 5.63. The largest absolute Gasteiger partial charge is 0.493 e. The van der Waals surface area contributed by atoms with Crippen molar-refractivity contribution >= 4 is 0 Å². The molecule has 4 heteroatoms. The van der Waals surface area contributed by atoms with Crippen LogP contribution in [0.1, 0.15) is 18.9 Å². The Bertz CT molecular complexity index is 393. The van der Waals surface area contributed by atoms with E-state index in [4.69, 9.17) is 14.2 Å². The van der Waals surface area contributed by atoms with Crippen LogP contribution in [0, 0.1) is 0 Å². The number of nitrogens with one attached hydrogen (secondary N) is 1. The predicted octanol–water partition coefficient (Wildman–Crippen LogP) is 2.78. The summed E-state index contributed by atoms with van der Waals surface area (Å²) < 4.78 is 16.4. The number of ether oxygens (including phenoxy) is 3. The molecular formula is C16H25NO3. The summed E-state index contributed by atoms with van der Waals surface area (Å²) in [5.41, 5.74) is 1.09. The van der Waals surface area contributed by atoms with Gasteiger partial charge >= 0.3 is 0 Å². The van der Waals surface area contributed by atoms with E-state index in [-0.39, 0.29) is 0 Å². The number of para-hydroxylation sites is 1. The quantitative estimate of drug-likeness (QED) is 0.499. The Hall–Kier alpha value is -1.52. The van der Waals surface area contributed by atoms with Crippen LogP contribution in [0.3, 0.4) is 0 Å². The SMILES string of the molecule is C=CCCOCCNCc1cccc(OCC)c1OC. The zero-order chi connectivity index (χ0) is 14.6. The van der Waals surface area contributed by atoms with E-state index < -0.39 is 0 Å². The number of hydrogen-bond donors (Lipinski definition) is 1. The summed E-state index contributed by atoms with van der Waals surface area (Å²) in [5, 5.41) is 3.34. The number of methoxy groups -OCH3 is 1. The highest BCUT2D eigenvalue weighted by molar-refractivity contribution is 5.46. The molecule has 1 aromatic carbocycles. The molecule has 0 aromatic heterocycles. The van der Waals surface area contributed by atoms with Crippen LogP contribution in [-0.2, 0) is 11.3 Å². The van der Waals surface area contributed by atoms with E-state index >= 15 is 0 Å². The lowest BCUT2D eigenvalue weighted by molar-refractivity contribution is 0.140. The van der Waals surface area contributed by atoms with Crippen LogP contribution in [0.2, 0.25) is 0 Å². The van der Waals surface area contributed by atoms with Gasteiger partial charge in [0.1, 0.15) is 0 Å². The fourth-order valence-electron chi connectivity index (χ4n) is 1.84. The van der Waals surface area contributed by atoms with Gasteiger partial charge in [-0.25, -0.2) is 0 Å². The van der Waals surface area contributed by atoms with Crippen LogP contribution < -0.4 is 14.8 Å². The maximum Gasteiger partial charge on any atom is 0.165 e. The van der Waals surface area contributed by atoms with E-state index in [9.17, 15) is 0 Å². The van der Waals surface area contributed by atoms with Gasteiger partial charge < -0.3 is 19.5 Å². The second-order valence-corrected chi connectivity index (χ2v) is 4.25. The van der Waals surface area contributed by atoms with E-state index in [0.29, 0.717) is 13.2 Å². The Morgan fingerprint density at radius 1 is 1.30 bits per heavy atom. The second-order valence-electron chi connectivity index (χ2n) is 4.25. The fourth-order valence-corrected chi connectivity index (χ4v) is 1.84. The lowest BCUT2D eigenvalue weighted by Crippen LogP contribution is -2.20. The van der Waals surface area contributed by atoms with Gasteiger partial charge in [-0.2, -0.15) is 0 Å². The summed E-state index contributed by atoms with van der Waals surface area (Å²) in [6.45, 7) is 9.21. The van der Waals surface area contributed by atoms with Gasteiger partial charge in [-0.05, 0) is 19.4 Å². The Labute approximate surface area is 121 Å². The molecule has 0 aliphatic rings. The average Bonchev–Trinajstić information content (AvgIpc) is 2.47. The first-order chi connectivity index (χ1) is 9.83.